The Hall–Kier alpha value is -1.55. The van der Waals surface area contributed by atoms with Crippen LogP contribution in [0.5, 0.6) is 0 Å². The summed E-state index contributed by atoms with van der Waals surface area (Å²) in [5.74, 6) is 0.698. The van der Waals surface area contributed by atoms with Crippen LogP contribution in [0.3, 0.4) is 0 Å². The summed E-state index contributed by atoms with van der Waals surface area (Å²) in [5, 5.41) is 9.42. The second-order valence-corrected chi connectivity index (χ2v) is 10.4. The number of amides is 1. The molecule has 0 aromatic carbocycles. The Labute approximate surface area is 177 Å². The van der Waals surface area contributed by atoms with Crippen molar-refractivity contribution in [1.29, 1.82) is 0 Å². The lowest BCUT2D eigenvalue weighted by atomic mass is 9.93. The van der Waals surface area contributed by atoms with Gasteiger partial charge in [0.25, 0.3) is 0 Å². The lowest BCUT2D eigenvalue weighted by Crippen LogP contribution is -2.57. The van der Waals surface area contributed by atoms with Crippen molar-refractivity contribution in [1.82, 2.24) is 20.3 Å². The predicted octanol–water partition coefficient (Wildman–Crippen LogP) is 1.91. The Bertz CT molecular complexity index is 625. The predicted molar refractivity (Wildman–Crippen MR) is 119 cm³/mol. The van der Waals surface area contributed by atoms with E-state index >= 15 is 0 Å². The Morgan fingerprint density at radius 1 is 1.10 bits per heavy atom. The molecule has 0 aliphatic heterocycles. The van der Waals surface area contributed by atoms with Gasteiger partial charge >= 0.3 is 6.09 Å². The van der Waals surface area contributed by atoms with Gasteiger partial charge < -0.3 is 20.7 Å². The first-order valence-corrected chi connectivity index (χ1v) is 11.8. The summed E-state index contributed by atoms with van der Waals surface area (Å²) in [6.07, 6.45) is 1.67. The van der Waals surface area contributed by atoms with Crippen molar-refractivity contribution in [2.24, 2.45) is 4.99 Å². The quantitative estimate of drug-likeness (QED) is 0.260. The average Bonchev–Trinajstić information content (AvgIpc) is 2.64. The highest BCUT2D eigenvalue weighted by Crippen LogP contribution is 2.16. The molecule has 172 valence electrons. The van der Waals surface area contributed by atoms with Gasteiger partial charge in [-0.05, 0) is 47.0 Å². The molecule has 0 bridgehead atoms. The van der Waals surface area contributed by atoms with E-state index in [0.29, 0.717) is 32.0 Å². The van der Waals surface area contributed by atoms with E-state index in [-0.39, 0.29) is 5.75 Å². The molecule has 0 aromatic rings. The van der Waals surface area contributed by atoms with Gasteiger partial charge in [-0.2, -0.15) is 0 Å². The first kappa shape index (κ1) is 27.5. The van der Waals surface area contributed by atoms with Crippen LogP contribution < -0.4 is 16.0 Å². The molecule has 0 aliphatic carbocycles. The number of sulfonamides is 1. The highest BCUT2D eigenvalue weighted by Gasteiger charge is 2.30. The fourth-order valence-corrected chi connectivity index (χ4v) is 3.43. The van der Waals surface area contributed by atoms with Crippen molar-refractivity contribution >= 4 is 22.1 Å². The number of carbonyl (C=O) groups is 1. The first-order valence-electron chi connectivity index (χ1n) is 10.2. The maximum absolute atomic E-state index is 12.2. The van der Waals surface area contributed by atoms with Crippen molar-refractivity contribution < 1.29 is 17.9 Å². The van der Waals surface area contributed by atoms with Crippen molar-refractivity contribution in [3.05, 3.63) is 0 Å². The van der Waals surface area contributed by atoms with Gasteiger partial charge in [-0.25, -0.2) is 17.5 Å². The van der Waals surface area contributed by atoms with Gasteiger partial charge in [-0.1, -0.05) is 13.8 Å². The number of hydrogen-bond acceptors (Lipinski definition) is 5. The van der Waals surface area contributed by atoms with E-state index < -0.39 is 27.3 Å². The van der Waals surface area contributed by atoms with E-state index in [1.807, 2.05) is 34.6 Å². The van der Waals surface area contributed by atoms with Crippen LogP contribution in [-0.4, -0.2) is 75.4 Å². The summed E-state index contributed by atoms with van der Waals surface area (Å²) < 4.78 is 30.3. The third-order valence-electron chi connectivity index (χ3n) is 4.72. The van der Waals surface area contributed by atoms with Gasteiger partial charge in [-0.15, -0.1) is 0 Å². The van der Waals surface area contributed by atoms with Crippen LogP contribution in [0, 0.1) is 0 Å². The lowest BCUT2D eigenvalue weighted by Gasteiger charge is -2.34. The molecule has 0 saturated heterocycles. The van der Waals surface area contributed by atoms with Crippen molar-refractivity contribution in [2.45, 2.75) is 71.9 Å². The SMILES string of the molecule is CCC(CC)(CNC(=NC)NCCCN(C)S(=O)(=O)CC)NC(=O)OC(C)(C)C. The number of nitrogens with one attached hydrogen (secondary N) is 3. The van der Waals surface area contributed by atoms with Crippen LogP contribution in [0.4, 0.5) is 4.79 Å². The van der Waals surface area contributed by atoms with Crippen LogP contribution in [0.15, 0.2) is 4.99 Å². The zero-order valence-electron chi connectivity index (χ0n) is 19.4. The minimum Gasteiger partial charge on any atom is -0.444 e. The Morgan fingerprint density at radius 2 is 1.69 bits per heavy atom. The van der Waals surface area contributed by atoms with Gasteiger partial charge in [0.1, 0.15) is 5.60 Å². The zero-order chi connectivity index (χ0) is 22.7. The van der Waals surface area contributed by atoms with Crippen LogP contribution in [0.2, 0.25) is 0 Å². The van der Waals surface area contributed by atoms with E-state index in [1.165, 1.54) is 4.31 Å². The van der Waals surface area contributed by atoms with Gasteiger partial charge in [0.05, 0.1) is 11.3 Å². The minimum absolute atomic E-state index is 0.0981. The molecule has 0 unspecified atom stereocenters. The zero-order valence-corrected chi connectivity index (χ0v) is 20.2. The van der Waals surface area contributed by atoms with E-state index in [4.69, 9.17) is 4.74 Å². The number of nitrogens with zero attached hydrogens (tertiary/aromatic N) is 2. The maximum atomic E-state index is 12.2. The fraction of sp³-hybridized carbons (Fsp3) is 0.895. The van der Waals surface area contributed by atoms with Crippen LogP contribution in [0.1, 0.15) is 60.8 Å². The van der Waals surface area contributed by atoms with Crippen molar-refractivity contribution in [2.75, 3.05) is 39.5 Å². The molecule has 0 fully saturated rings. The van der Waals surface area contributed by atoms with Gasteiger partial charge in [0, 0.05) is 33.7 Å². The molecule has 29 heavy (non-hydrogen) atoms. The molecule has 0 saturated carbocycles. The molecule has 1 amide bonds. The summed E-state index contributed by atoms with van der Waals surface area (Å²) in [6.45, 7) is 12.7. The van der Waals surface area contributed by atoms with Crippen LogP contribution >= 0.6 is 0 Å². The number of hydrogen-bond donors (Lipinski definition) is 3. The standard InChI is InChI=1S/C19H41N5O4S/c1-9-19(10-2,23-17(25)28-18(4,5)6)15-22-16(20-7)21-13-12-14-24(8)29(26,27)11-3/h9-15H2,1-8H3,(H,23,25)(H2,20,21,22). The van der Waals surface area contributed by atoms with Crippen LogP contribution in [-0.2, 0) is 14.8 Å². The molecule has 0 aromatic heterocycles. The Morgan fingerprint density at radius 3 is 2.14 bits per heavy atom. The molecule has 0 spiro atoms. The Balaban J connectivity index is 4.65. The summed E-state index contributed by atoms with van der Waals surface area (Å²) in [7, 11) is 0.101. The summed E-state index contributed by atoms with van der Waals surface area (Å²) in [4.78, 5) is 16.4. The number of guanidine groups is 1. The summed E-state index contributed by atoms with van der Waals surface area (Å²) >= 11 is 0. The van der Waals surface area contributed by atoms with Gasteiger partial charge in [-0.3, -0.25) is 4.99 Å². The average molecular weight is 436 g/mol. The van der Waals surface area contributed by atoms with Crippen LogP contribution in [0.25, 0.3) is 0 Å². The number of ether oxygens (including phenoxy) is 1. The van der Waals surface area contributed by atoms with E-state index in [2.05, 4.69) is 20.9 Å². The molecule has 0 aliphatic rings. The maximum Gasteiger partial charge on any atom is 0.408 e. The number of rotatable bonds is 11. The first-order chi connectivity index (χ1) is 13.3. The van der Waals surface area contributed by atoms with Crippen molar-refractivity contribution in [3.63, 3.8) is 0 Å². The molecule has 0 heterocycles. The smallest absolute Gasteiger partial charge is 0.408 e. The Kier molecular flexibility index (Phi) is 11.6. The van der Waals surface area contributed by atoms with E-state index in [0.717, 1.165) is 12.8 Å². The second kappa shape index (κ2) is 12.2. The largest absolute Gasteiger partial charge is 0.444 e. The molecular formula is C19H41N5O4S. The van der Waals surface area contributed by atoms with E-state index in [1.54, 1.807) is 21.0 Å². The second-order valence-electron chi connectivity index (χ2n) is 8.04. The molecular weight excluding hydrogens is 394 g/mol. The number of alkyl carbamates (subject to hydrolysis) is 1. The molecule has 10 heteroatoms. The topological polar surface area (TPSA) is 112 Å². The third kappa shape index (κ3) is 10.7. The highest BCUT2D eigenvalue weighted by atomic mass is 32.2. The minimum atomic E-state index is -3.16. The highest BCUT2D eigenvalue weighted by molar-refractivity contribution is 7.89. The molecule has 0 radical (unpaired) electrons. The monoisotopic (exact) mass is 435 g/mol. The van der Waals surface area contributed by atoms with Gasteiger partial charge in [0.2, 0.25) is 10.0 Å². The molecule has 0 atom stereocenters. The normalized spacial score (nSPS) is 13.3. The number of aliphatic imine (C=N–C) groups is 1. The molecule has 0 rings (SSSR count). The van der Waals surface area contributed by atoms with Gasteiger partial charge in [0.15, 0.2) is 5.96 Å². The fourth-order valence-electron chi connectivity index (χ4n) is 2.58. The van der Waals surface area contributed by atoms with E-state index in [9.17, 15) is 13.2 Å². The summed E-state index contributed by atoms with van der Waals surface area (Å²) in [6, 6.07) is 0. The summed E-state index contributed by atoms with van der Waals surface area (Å²) in [5.41, 5.74) is -1.02. The number of carbonyl (C=O) groups excluding carboxylic acids is 1. The molecule has 3 N–H and O–H groups in total. The molecule has 9 nitrogen and oxygen atoms in total. The lowest BCUT2D eigenvalue weighted by molar-refractivity contribution is 0.0448. The van der Waals surface area contributed by atoms with Crippen molar-refractivity contribution in [3.8, 4) is 0 Å². The third-order valence-corrected chi connectivity index (χ3v) is 6.58.